The van der Waals surface area contributed by atoms with Gasteiger partial charge in [-0.3, -0.25) is 0 Å². The van der Waals surface area contributed by atoms with Crippen molar-refractivity contribution in [2.24, 2.45) is 0 Å². The van der Waals surface area contributed by atoms with Crippen LogP contribution in [-0.4, -0.2) is 0 Å². The molecule has 0 amide bonds. The molecular formula is C6H8FN. The molecule has 0 aliphatic heterocycles. The van der Waals surface area contributed by atoms with Gasteiger partial charge in [0.05, 0.1) is 0 Å². The molecule has 0 heterocycles. The van der Waals surface area contributed by atoms with Crippen molar-refractivity contribution in [3.8, 4) is 0 Å². The molecule has 0 aliphatic carbocycles. The molecule has 0 aliphatic rings. The molecule has 2 heteroatoms. The van der Waals surface area contributed by atoms with Crippen molar-refractivity contribution in [2.75, 3.05) is 0 Å². The first-order chi connectivity index (χ1) is 3.91. The van der Waals surface area contributed by atoms with Crippen molar-refractivity contribution in [1.29, 1.82) is 0 Å². The number of hydrogen-bond donors (Lipinski definition) is 1. The van der Waals surface area contributed by atoms with Gasteiger partial charge in [0.25, 0.3) is 0 Å². The molecule has 0 fully saturated rings. The van der Waals surface area contributed by atoms with E-state index in [0.29, 0.717) is 0 Å². The number of halogens is 1. The summed E-state index contributed by atoms with van der Waals surface area (Å²) in [5.74, 6) is 0. The van der Waals surface area contributed by atoms with Crippen molar-refractivity contribution >= 4 is 0 Å². The Morgan fingerprint density at radius 1 is 1.25 bits per heavy atom. The summed E-state index contributed by atoms with van der Waals surface area (Å²) in [6.07, 6.45) is 7.69. The van der Waals surface area contributed by atoms with Gasteiger partial charge in [0.2, 0.25) is 0 Å². The Balaban J connectivity index is 3.26. The highest BCUT2D eigenvalue weighted by Gasteiger charge is 1.58. The molecule has 0 unspecified atom stereocenters. The third kappa shape index (κ3) is 4.95. The Kier molecular flexibility index (Phi) is 5.17. The molecule has 0 spiro atoms. The van der Waals surface area contributed by atoms with E-state index in [4.69, 9.17) is 0 Å². The lowest BCUT2D eigenvalue weighted by molar-refractivity contribution is 0.407. The topological polar surface area (TPSA) is 12.0 Å². The minimum absolute atomic E-state index is 1.18. The van der Waals surface area contributed by atoms with Gasteiger partial charge >= 0.3 is 0 Å². The molecule has 0 bridgehead atoms. The van der Waals surface area contributed by atoms with Crippen LogP contribution in [0.2, 0.25) is 0 Å². The Morgan fingerprint density at radius 3 is 2.50 bits per heavy atom. The largest absolute Gasteiger partial charge is 0.232 e. The average Bonchev–Trinajstić information content (AvgIpc) is 1.81. The molecule has 0 saturated carbocycles. The number of hydrogen-bond acceptors (Lipinski definition) is 1. The van der Waals surface area contributed by atoms with Gasteiger partial charge in [0.1, 0.15) is 0 Å². The van der Waals surface area contributed by atoms with Gasteiger partial charge in [0.15, 0.2) is 0 Å². The fraction of sp³-hybridized carbons (Fsp3) is 0. The maximum absolute atomic E-state index is 11.0. The summed E-state index contributed by atoms with van der Waals surface area (Å²) in [7, 11) is 0. The fourth-order valence-electron chi connectivity index (χ4n) is 0.235. The quantitative estimate of drug-likeness (QED) is 0.434. The zero-order chi connectivity index (χ0) is 6.24. The van der Waals surface area contributed by atoms with Crippen LogP contribution < -0.4 is 5.54 Å². The van der Waals surface area contributed by atoms with Crippen LogP contribution in [0.25, 0.3) is 0 Å². The van der Waals surface area contributed by atoms with E-state index in [1.165, 1.54) is 17.8 Å². The Morgan fingerprint density at radius 2 is 2.00 bits per heavy atom. The first kappa shape index (κ1) is 6.95. The third-order valence-corrected chi connectivity index (χ3v) is 0.518. The van der Waals surface area contributed by atoms with Crippen LogP contribution in [0.4, 0.5) is 4.48 Å². The van der Waals surface area contributed by atoms with Gasteiger partial charge < -0.3 is 0 Å². The zero-order valence-corrected chi connectivity index (χ0v) is 4.47. The summed E-state index contributed by atoms with van der Waals surface area (Å²) in [4.78, 5) is 0. The third-order valence-electron chi connectivity index (χ3n) is 0.518. The van der Waals surface area contributed by atoms with E-state index < -0.39 is 0 Å². The predicted octanol–water partition coefficient (Wildman–Crippen LogP) is 1.72. The molecule has 0 aromatic heterocycles. The average molecular weight is 113 g/mol. The van der Waals surface area contributed by atoms with Crippen molar-refractivity contribution < 1.29 is 4.48 Å². The Hall–Kier alpha value is -1.05. The van der Waals surface area contributed by atoms with Crippen LogP contribution in [-0.2, 0) is 0 Å². The number of allylic oxidation sites excluding steroid dienone is 4. The first-order valence-corrected chi connectivity index (χ1v) is 2.22. The summed E-state index contributed by atoms with van der Waals surface area (Å²) in [6, 6.07) is 0. The lowest BCUT2D eigenvalue weighted by Crippen LogP contribution is -1.80. The van der Waals surface area contributed by atoms with E-state index >= 15 is 0 Å². The second-order valence-corrected chi connectivity index (χ2v) is 1.09. The maximum atomic E-state index is 11.0. The van der Waals surface area contributed by atoms with Crippen LogP contribution in [0.15, 0.2) is 37.1 Å². The SMILES string of the molecule is C=CC=CC=CNF. The maximum Gasteiger partial charge on any atom is 0.0294 e. The molecule has 1 N–H and O–H groups in total. The van der Waals surface area contributed by atoms with Crippen LogP contribution in [0, 0.1) is 0 Å². The van der Waals surface area contributed by atoms with Gasteiger partial charge in [-0.2, -0.15) is 0 Å². The smallest absolute Gasteiger partial charge is 0.0294 e. The normalized spacial score (nSPS) is 10.6. The zero-order valence-electron chi connectivity index (χ0n) is 4.47. The van der Waals surface area contributed by atoms with Crippen molar-refractivity contribution in [1.82, 2.24) is 5.54 Å². The van der Waals surface area contributed by atoms with E-state index in [2.05, 4.69) is 6.58 Å². The molecular weight excluding hydrogens is 105 g/mol. The second kappa shape index (κ2) is 5.95. The Bertz CT molecular complexity index is 105. The molecule has 0 rings (SSSR count). The highest BCUT2D eigenvalue weighted by atomic mass is 19.2. The highest BCUT2D eigenvalue weighted by molar-refractivity contribution is 5.07. The monoisotopic (exact) mass is 113 g/mol. The number of nitrogens with one attached hydrogen (secondary N) is 1. The highest BCUT2D eigenvalue weighted by Crippen LogP contribution is 1.74. The van der Waals surface area contributed by atoms with E-state index in [0.717, 1.165) is 0 Å². The van der Waals surface area contributed by atoms with Gasteiger partial charge in [-0.25, -0.2) is 5.54 Å². The molecule has 44 valence electrons. The second-order valence-electron chi connectivity index (χ2n) is 1.09. The molecule has 1 nitrogen and oxygen atoms in total. The van der Waals surface area contributed by atoms with E-state index in [-0.39, 0.29) is 0 Å². The van der Waals surface area contributed by atoms with Crippen LogP contribution >= 0.6 is 0 Å². The van der Waals surface area contributed by atoms with Gasteiger partial charge in [-0.15, -0.1) is 4.48 Å². The van der Waals surface area contributed by atoms with Crippen LogP contribution in [0.3, 0.4) is 0 Å². The molecule has 0 atom stereocenters. The van der Waals surface area contributed by atoms with Crippen LogP contribution in [0.1, 0.15) is 0 Å². The summed E-state index contributed by atoms with van der Waals surface area (Å²) in [6.45, 7) is 3.42. The number of rotatable bonds is 3. The standard InChI is InChI=1S/C6H8FN/c1-2-3-4-5-6-8-7/h2-6,8H,1H2. The van der Waals surface area contributed by atoms with E-state index in [9.17, 15) is 4.48 Å². The molecule has 8 heavy (non-hydrogen) atoms. The lowest BCUT2D eigenvalue weighted by Gasteiger charge is -1.73. The minimum atomic E-state index is 1.18. The fourth-order valence-corrected chi connectivity index (χ4v) is 0.235. The summed E-state index contributed by atoms with van der Waals surface area (Å²) < 4.78 is 11.0. The van der Waals surface area contributed by atoms with E-state index in [1.54, 1.807) is 18.2 Å². The summed E-state index contributed by atoms with van der Waals surface area (Å²) >= 11 is 0. The summed E-state index contributed by atoms with van der Waals surface area (Å²) in [5.41, 5.74) is 1.36. The predicted molar refractivity (Wildman–Crippen MR) is 32.7 cm³/mol. The van der Waals surface area contributed by atoms with Crippen molar-refractivity contribution in [3.63, 3.8) is 0 Å². The van der Waals surface area contributed by atoms with Crippen molar-refractivity contribution in [3.05, 3.63) is 37.1 Å². The Labute approximate surface area is 48.1 Å². The van der Waals surface area contributed by atoms with Crippen molar-refractivity contribution in [2.45, 2.75) is 0 Å². The summed E-state index contributed by atoms with van der Waals surface area (Å²) in [5, 5.41) is 0. The molecule has 0 aromatic rings. The molecule has 0 aromatic carbocycles. The minimum Gasteiger partial charge on any atom is -0.232 e. The molecule has 0 radical (unpaired) electrons. The van der Waals surface area contributed by atoms with E-state index in [1.807, 2.05) is 0 Å². The molecule has 0 saturated heterocycles. The first-order valence-electron chi connectivity index (χ1n) is 2.22. The van der Waals surface area contributed by atoms with Crippen LogP contribution in [0.5, 0.6) is 0 Å². The van der Waals surface area contributed by atoms with Gasteiger partial charge in [-0.05, 0) is 6.08 Å². The lowest BCUT2D eigenvalue weighted by atomic mass is 10.5. The van der Waals surface area contributed by atoms with Gasteiger partial charge in [0, 0.05) is 6.20 Å². The van der Waals surface area contributed by atoms with Gasteiger partial charge in [-0.1, -0.05) is 24.8 Å².